The minimum atomic E-state index is -1.59. The molecule has 0 aromatic heterocycles. The Kier molecular flexibility index (Phi) is 4.26. The van der Waals surface area contributed by atoms with E-state index in [0.29, 0.717) is 37.6 Å². The van der Waals surface area contributed by atoms with Crippen LogP contribution in [0.5, 0.6) is 5.75 Å². The third kappa shape index (κ3) is 2.50. The lowest BCUT2D eigenvalue weighted by atomic mass is 9.86. The maximum absolute atomic E-state index is 14.0. The first-order chi connectivity index (χ1) is 16.0. The zero-order valence-electron chi connectivity index (χ0n) is 18.2. The van der Waals surface area contributed by atoms with Crippen molar-refractivity contribution in [1.29, 1.82) is 0 Å². The summed E-state index contributed by atoms with van der Waals surface area (Å²) in [5.74, 6) is -1.37. The van der Waals surface area contributed by atoms with E-state index in [-0.39, 0.29) is 11.7 Å². The Morgan fingerprint density at radius 2 is 1.64 bits per heavy atom. The summed E-state index contributed by atoms with van der Waals surface area (Å²) >= 11 is 0. The average Bonchev–Trinajstić information content (AvgIpc) is 3.46. The Hall–Kier alpha value is -3.51. The van der Waals surface area contributed by atoms with Crippen molar-refractivity contribution in [1.82, 2.24) is 4.90 Å². The summed E-state index contributed by atoms with van der Waals surface area (Å²) in [5, 5.41) is 1.87. The fraction of sp³-hybridized carbons (Fsp3) is 0.296. The molecule has 1 aliphatic carbocycles. The fourth-order valence-corrected chi connectivity index (χ4v) is 5.95. The number of hydrogen-bond acceptors (Lipinski definition) is 5. The second kappa shape index (κ2) is 6.99. The highest BCUT2D eigenvalue weighted by atomic mass is 16.5. The van der Waals surface area contributed by atoms with Gasteiger partial charge in [-0.3, -0.25) is 14.4 Å². The first-order valence-electron chi connectivity index (χ1n) is 11.2. The van der Waals surface area contributed by atoms with E-state index < -0.39 is 22.7 Å². The molecule has 0 N–H and O–H groups in total. The Balaban J connectivity index is 1.59. The topological polar surface area (TPSA) is 72.9 Å². The molecule has 2 aliphatic heterocycles. The minimum Gasteiger partial charge on any atom is -0.425 e. The van der Waals surface area contributed by atoms with Gasteiger partial charge in [-0.1, -0.05) is 60.7 Å². The van der Waals surface area contributed by atoms with Gasteiger partial charge in [-0.15, -0.1) is 0 Å². The lowest BCUT2D eigenvalue weighted by Gasteiger charge is -2.32. The van der Waals surface area contributed by atoms with Crippen LogP contribution in [0.1, 0.15) is 28.8 Å². The monoisotopic (exact) mass is 441 g/mol. The number of esters is 1. The first kappa shape index (κ1) is 20.1. The standard InChI is InChI=1S/C27H23NO5/c1-26(23(29)18-8-3-2-4-9-18)22-21-19-10-6-5-7-17(19)11-12-20(21)33-25(31)27(22,26)24(30)28-13-15-32-16-14-28/h2-12,22H,13-16H2,1H3/t22-,26+,27+/m1/s1. The maximum atomic E-state index is 14.0. The van der Waals surface area contributed by atoms with Gasteiger partial charge in [0.2, 0.25) is 5.91 Å². The molecule has 2 heterocycles. The number of benzene rings is 3. The third-order valence-corrected chi connectivity index (χ3v) is 7.63. The predicted octanol–water partition coefficient (Wildman–Crippen LogP) is 3.59. The Morgan fingerprint density at radius 3 is 2.39 bits per heavy atom. The summed E-state index contributed by atoms with van der Waals surface area (Å²) < 4.78 is 11.2. The number of ether oxygens (including phenoxy) is 2. The lowest BCUT2D eigenvalue weighted by molar-refractivity contribution is -0.156. The third-order valence-electron chi connectivity index (χ3n) is 7.63. The fourth-order valence-electron chi connectivity index (χ4n) is 5.95. The van der Waals surface area contributed by atoms with Crippen molar-refractivity contribution in [2.45, 2.75) is 12.8 Å². The summed E-state index contributed by atoms with van der Waals surface area (Å²) in [7, 11) is 0. The molecule has 2 fully saturated rings. The summed E-state index contributed by atoms with van der Waals surface area (Å²) in [6.45, 7) is 3.34. The molecule has 6 nitrogen and oxygen atoms in total. The summed E-state index contributed by atoms with van der Waals surface area (Å²) in [4.78, 5) is 43.3. The van der Waals surface area contributed by atoms with Crippen molar-refractivity contribution >= 4 is 28.4 Å². The highest BCUT2D eigenvalue weighted by molar-refractivity contribution is 6.22. The highest BCUT2D eigenvalue weighted by Gasteiger charge is 2.88. The maximum Gasteiger partial charge on any atom is 0.328 e. The Bertz CT molecular complexity index is 1310. The Morgan fingerprint density at radius 1 is 0.939 bits per heavy atom. The van der Waals surface area contributed by atoms with E-state index in [0.717, 1.165) is 16.3 Å². The largest absolute Gasteiger partial charge is 0.425 e. The van der Waals surface area contributed by atoms with E-state index in [2.05, 4.69) is 0 Å². The van der Waals surface area contributed by atoms with Gasteiger partial charge in [-0.2, -0.15) is 0 Å². The molecule has 1 saturated heterocycles. The molecule has 1 amide bonds. The van der Waals surface area contributed by atoms with Gasteiger partial charge in [0.1, 0.15) is 5.75 Å². The molecule has 6 heteroatoms. The summed E-state index contributed by atoms with van der Waals surface area (Å²) in [6, 6.07) is 20.4. The van der Waals surface area contributed by atoms with Crippen LogP contribution in [0.3, 0.4) is 0 Å². The number of amides is 1. The van der Waals surface area contributed by atoms with Crippen LogP contribution >= 0.6 is 0 Å². The molecule has 3 aromatic rings. The molecule has 0 unspecified atom stereocenters. The molecule has 3 atom stereocenters. The number of fused-ring (bicyclic) bond motifs is 5. The molecule has 3 aliphatic rings. The van der Waals surface area contributed by atoms with Crippen LogP contribution in [0.15, 0.2) is 66.7 Å². The highest BCUT2D eigenvalue weighted by Crippen LogP contribution is 2.79. The number of carbonyl (C=O) groups is 3. The molecule has 0 bridgehead atoms. The van der Waals surface area contributed by atoms with Crippen LogP contribution in [0.2, 0.25) is 0 Å². The van der Waals surface area contributed by atoms with Crippen LogP contribution in [0.4, 0.5) is 0 Å². The van der Waals surface area contributed by atoms with Gasteiger partial charge < -0.3 is 14.4 Å². The Labute approximate surface area is 191 Å². The smallest absolute Gasteiger partial charge is 0.328 e. The van der Waals surface area contributed by atoms with E-state index in [1.54, 1.807) is 42.2 Å². The van der Waals surface area contributed by atoms with E-state index >= 15 is 0 Å². The second-order valence-corrected chi connectivity index (χ2v) is 9.13. The lowest BCUT2D eigenvalue weighted by Crippen LogP contribution is -2.50. The first-order valence-corrected chi connectivity index (χ1v) is 11.2. The van der Waals surface area contributed by atoms with Gasteiger partial charge in [0.05, 0.1) is 18.6 Å². The van der Waals surface area contributed by atoms with Crippen LogP contribution in [0, 0.1) is 10.8 Å². The van der Waals surface area contributed by atoms with Gasteiger partial charge in [0.15, 0.2) is 11.2 Å². The number of rotatable bonds is 3. The van der Waals surface area contributed by atoms with Crippen molar-refractivity contribution in [2.24, 2.45) is 10.8 Å². The number of ketones is 1. The van der Waals surface area contributed by atoms with Crippen molar-refractivity contribution in [3.63, 3.8) is 0 Å². The molecule has 6 rings (SSSR count). The number of Topliss-reactive ketones (excluding diaryl/α,β-unsaturated/α-hetero) is 1. The van der Waals surface area contributed by atoms with Crippen LogP contribution in [-0.2, 0) is 14.3 Å². The molecule has 0 spiro atoms. The predicted molar refractivity (Wildman–Crippen MR) is 121 cm³/mol. The molecule has 166 valence electrons. The zero-order valence-corrected chi connectivity index (χ0v) is 18.2. The quantitative estimate of drug-likeness (QED) is 0.269. The van der Waals surface area contributed by atoms with E-state index in [1.807, 2.05) is 36.4 Å². The summed E-state index contributed by atoms with van der Waals surface area (Å²) in [6.07, 6.45) is 0. The SMILES string of the molecule is C[C@@]1(C(=O)c2ccccc2)[C@H]2c3c(ccc4ccccc34)OC(=O)[C@@]21C(=O)N1CCOCC1. The van der Waals surface area contributed by atoms with E-state index in [9.17, 15) is 14.4 Å². The number of morpholine rings is 1. The van der Waals surface area contributed by atoms with Crippen LogP contribution in [-0.4, -0.2) is 48.9 Å². The molecular weight excluding hydrogens is 418 g/mol. The van der Waals surface area contributed by atoms with Gasteiger partial charge in [0.25, 0.3) is 0 Å². The molecule has 3 aromatic carbocycles. The molecular formula is C27H23NO5. The van der Waals surface area contributed by atoms with E-state index in [1.165, 1.54) is 0 Å². The van der Waals surface area contributed by atoms with Crippen molar-refractivity contribution in [2.75, 3.05) is 26.3 Å². The number of nitrogens with zero attached hydrogens (tertiary/aromatic N) is 1. The average molecular weight is 441 g/mol. The second-order valence-electron chi connectivity index (χ2n) is 9.13. The minimum absolute atomic E-state index is 0.215. The summed E-state index contributed by atoms with van der Waals surface area (Å²) in [5.41, 5.74) is -1.59. The van der Waals surface area contributed by atoms with E-state index in [4.69, 9.17) is 9.47 Å². The van der Waals surface area contributed by atoms with Crippen molar-refractivity contribution in [3.8, 4) is 5.75 Å². The van der Waals surface area contributed by atoms with Crippen LogP contribution in [0.25, 0.3) is 10.8 Å². The van der Waals surface area contributed by atoms with Gasteiger partial charge in [-0.25, -0.2) is 0 Å². The molecule has 0 radical (unpaired) electrons. The zero-order chi connectivity index (χ0) is 22.8. The van der Waals surface area contributed by atoms with Gasteiger partial charge >= 0.3 is 5.97 Å². The normalized spacial score (nSPS) is 28.0. The molecule has 33 heavy (non-hydrogen) atoms. The van der Waals surface area contributed by atoms with Gasteiger partial charge in [-0.05, 0) is 23.8 Å². The van der Waals surface area contributed by atoms with Crippen molar-refractivity contribution < 1.29 is 23.9 Å². The molecule has 1 saturated carbocycles. The number of hydrogen-bond donors (Lipinski definition) is 0. The van der Waals surface area contributed by atoms with Gasteiger partial charge in [0, 0.05) is 30.1 Å². The number of carbonyl (C=O) groups excluding carboxylic acids is 3. The van der Waals surface area contributed by atoms with Crippen LogP contribution < -0.4 is 4.74 Å². The van der Waals surface area contributed by atoms with Crippen molar-refractivity contribution in [3.05, 3.63) is 77.9 Å².